The maximum Gasteiger partial charge on any atom is 0.0547 e. The summed E-state index contributed by atoms with van der Waals surface area (Å²) < 4.78 is 5.59. The molecule has 0 aromatic heterocycles. The van der Waals surface area contributed by atoms with Crippen molar-refractivity contribution in [2.75, 3.05) is 39.9 Å². The lowest BCUT2D eigenvalue weighted by atomic mass is 9.86. The minimum absolute atomic E-state index is 0.382. The molecule has 2 fully saturated rings. The first-order valence-corrected chi connectivity index (χ1v) is 6.22. The molecule has 2 rings (SSSR count). The van der Waals surface area contributed by atoms with Gasteiger partial charge < -0.3 is 10.1 Å². The summed E-state index contributed by atoms with van der Waals surface area (Å²) in [5.41, 5.74) is 0.382. The van der Waals surface area contributed by atoms with Gasteiger partial charge in [0.25, 0.3) is 0 Å². The summed E-state index contributed by atoms with van der Waals surface area (Å²) in [5.74, 6) is 0. The average Bonchev–Trinajstić information content (AvgIpc) is 2.79. The fourth-order valence-electron chi connectivity index (χ4n) is 3.00. The molecule has 15 heavy (non-hydrogen) atoms. The molecule has 88 valence electrons. The van der Waals surface area contributed by atoms with Gasteiger partial charge in [0.05, 0.1) is 6.61 Å². The van der Waals surface area contributed by atoms with Gasteiger partial charge in [0.1, 0.15) is 0 Å². The van der Waals surface area contributed by atoms with Gasteiger partial charge in [-0.05, 0) is 39.8 Å². The van der Waals surface area contributed by atoms with Gasteiger partial charge in [-0.15, -0.1) is 0 Å². The monoisotopic (exact) mass is 212 g/mol. The van der Waals surface area contributed by atoms with E-state index >= 15 is 0 Å². The highest BCUT2D eigenvalue weighted by atomic mass is 16.5. The molecule has 2 unspecified atom stereocenters. The van der Waals surface area contributed by atoms with E-state index in [0.717, 1.165) is 25.8 Å². The van der Waals surface area contributed by atoms with Gasteiger partial charge >= 0.3 is 0 Å². The molecule has 3 heteroatoms. The second-order valence-electron chi connectivity index (χ2n) is 5.29. The van der Waals surface area contributed by atoms with Crippen LogP contribution in [0.3, 0.4) is 0 Å². The first-order chi connectivity index (χ1) is 7.26. The Morgan fingerprint density at radius 2 is 2.40 bits per heavy atom. The second kappa shape index (κ2) is 4.81. The van der Waals surface area contributed by atoms with Crippen molar-refractivity contribution in [3.05, 3.63) is 0 Å². The van der Waals surface area contributed by atoms with E-state index < -0.39 is 0 Å². The molecule has 2 aliphatic heterocycles. The third-order valence-corrected chi connectivity index (χ3v) is 3.97. The lowest BCUT2D eigenvalue weighted by Crippen LogP contribution is -2.45. The van der Waals surface area contributed by atoms with Gasteiger partial charge in [-0.25, -0.2) is 0 Å². The minimum atomic E-state index is 0.382. The molecule has 0 aromatic carbocycles. The summed E-state index contributed by atoms with van der Waals surface area (Å²) in [7, 11) is 2.05. The summed E-state index contributed by atoms with van der Waals surface area (Å²) in [6.07, 6.45) is 3.96. The fraction of sp³-hybridized carbons (Fsp3) is 1.00. The lowest BCUT2D eigenvalue weighted by Gasteiger charge is -2.34. The molecule has 0 aromatic rings. The van der Waals surface area contributed by atoms with Gasteiger partial charge in [0.2, 0.25) is 0 Å². The summed E-state index contributed by atoms with van der Waals surface area (Å²) >= 11 is 0. The Morgan fingerprint density at radius 1 is 1.53 bits per heavy atom. The quantitative estimate of drug-likeness (QED) is 0.755. The molecule has 0 aliphatic carbocycles. The van der Waals surface area contributed by atoms with Crippen molar-refractivity contribution in [3.8, 4) is 0 Å². The van der Waals surface area contributed by atoms with E-state index in [-0.39, 0.29) is 0 Å². The predicted molar refractivity (Wildman–Crippen MR) is 62.1 cm³/mol. The topological polar surface area (TPSA) is 24.5 Å². The van der Waals surface area contributed by atoms with E-state index in [1.807, 2.05) is 7.05 Å². The maximum absolute atomic E-state index is 5.59. The largest absolute Gasteiger partial charge is 0.381 e. The third-order valence-electron chi connectivity index (χ3n) is 3.97. The van der Waals surface area contributed by atoms with Gasteiger partial charge in [-0.2, -0.15) is 0 Å². The van der Waals surface area contributed by atoms with Crippen LogP contribution < -0.4 is 5.32 Å². The van der Waals surface area contributed by atoms with E-state index in [9.17, 15) is 0 Å². The van der Waals surface area contributed by atoms with Gasteiger partial charge in [0, 0.05) is 31.2 Å². The van der Waals surface area contributed by atoms with Gasteiger partial charge in [-0.3, -0.25) is 4.90 Å². The number of ether oxygens (including phenoxy) is 1. The van der Waals surface area contributed by atoms with Crippen LogP contribution in [-0.2, 0) is 4.74 Å². The van der Waals surface area contributed by atoms with Crippen molar-refractivity contribution in [1.82, 2.24) is 10.2 Å². The summed E-state index contributed by atoms with van der Waals surface area (Å²) in [6, 6.07) is 0.777. The van der Waals surface area contributed by atoms with Crippen LogP contribution in [0, 0.1) is 5.41 Å². The molecular formula is C12H24N2O. The SMILES string of the molecule is CNCC1(CN2CCCC2C)CCOC1. The van der Waals surface area contributed by atoms with E-state index in [4.69, 9.17) is 4.74 Å². The molecule has 0 amide bonds. The van der Waals surface area contributed by atoms with E-state index in [1.165, 1.54) is 32.4 Å². The molecule has 0 saturated carbocycles. The molecule has 0 bridgehead atoms. The first kappa shape index (κ1) is 11.4. The van der Waals surface area contributed by atoms with E-state index in [0.29, 0.717) is 5.41 Å². The smallest absolute Gasteiger partial charge is 0.0547 e. The van der Waals surface area contributed by atoms with Crippen LogP contribution in [0.15, 0.2) is 0 Å². The van der Waals surface area contributed by atoms with Crippen molar-refractivity contribution < 1.29 is 4.74 Å². The molecule has 2 aliphatic rings. The summed E-state index contributed by atoms with van der Waals surface area (Å²) in [6.45, 7) is 7.84. The van der Waals surface area contributed by atoms with Crippen molar-refractivity contribution in [3.63, 3.8) is 0 Å². The van der Waals surface area contributed by atoms with Crippen LogP contribution in [0.25, 0.3) is 0 Å². The Bertz CT molecular complexity index is 202. The van der Waals surface area contributed by atoms with Crippen molar-refractivity contribution in [2.45, 2.75) is 32.2 Å². The minimum Gasteiger partial charge on any atom is -0.381 e. The van der Waals surface area contributed by atoms with Crippen molar-refractivity contribution >= 4 is 0 Å². The van der Waals surface area contributed by atoms with Crippen molar-refractivity contribution in [2.24, 2.45) is 5.41 Å². The first-order valence-electron chi connectivity index (χ1n) is 6.22. The number of hydrogen-bond acceptors (Lipinski definition) is 3. The van der Waals surface area contributed by atoms with Crippen LogP contribution >= 0.6 is 0 Å². The average molecular weight is 212 g/mol. The molecule has 2 saturated heterocycles. The van der Waals surface area contributed by atoms with Crippen molar-refractivity contribution in [1.29, 1.82) is 0 Å². The van der Waals surface area contributed by atoms with Crippen LogP contribution in [0.1, 0.15) is 26.2 Å². The Morgan fingerprint density at radius 3 is 2.93 bits per heavy atom. The molecule has 0 radical (unpaired) electrons. The van der Waals surface area contributed by atoms with E-state index in [1.54, 1.807) is 0 Å². The molecule has 3 nitrogen and oxygen atoms in total. The molecule has 1 N–H and O–H groups in total. The highest BCUT2D eigenvalue weighted by molar-refractivity contribution is 4.90. The Labute approximate surface area is 93.2 Å². The normalized spacial score (nSPS) is 37.6. The second-order valence-corrected chi connectivity index (χ2v) is 5.29. The van der Waals surface area contributed by atoms with Gasteiger partial charge in [-0.1, -0.05) is 0 Å². The number of likely N-dealkylation sites (tertiary alicyclic amines) is 1. The summed E-state index contributed by atoms with van der Waals surface area (Å²) in [4.78, 5) is 2.64. The number of hydrogen-bond donors (Lipinski definition) is 1. The van der Waals surface area contributed by atoms with Crippen LogP contribution in [0.2, 0.25) is 0 Å². The fourth-order valence-corrected chi connectivity index (χ4v) is 3.00. The molecule has 2 heterocycles. The van der Waals surface area contributed by atoms with Crippen LogP contribution in [-0.4, -0.2) is 50.8 Å². The number of nitrogens with zero attached hydrogens (tertiary/aromatic N) is 1. The van der Waals surface area contributed by atoms with Gasteiger partial charge in [0.15, 0.2) is 0 Å². The highest BCUT2D eigenvalue weighted by Gasteiger charge is 2.37. The summed E-state index contributed by atoms with van der Waals surface area (Å²) in [5, 5.41) is 3.33. The zero-order valence-electron chi connectivity index (χ0n) is 10.1. The number of rotatable bonds is 4. The highest BCUT2D eigenvalue weighted by Crippen LogP contribution is 2.31. The standard InChI is InChI=1S/C12H24N2O/c1-11-4-3-6-14(11)9-12(8-13-2)5-7-15-10-12/h11,13H,3-10H2,1-2H3. The van der Waals surface area contributed by atoms with E-state index in [2.05, 4.69) is 17.1 Å². The van der Waals surface area contributed by atoms with Crippen LogP contribution in [0.4, 0.5) is 0 Å². The molecule has 2 atom stereocenters. The zero-order chi connectivity index (χ0) is 10.7. The zero-order valence-corrected chi connectivity index (χ0v) is 10.1. The Hall–Kier alpha value is -0.120. The Kier molecular flexibility index (Phi) is 3.65. The predicted octanol–water partition coefficient (Wildman–Crippen LogP) is 1.10. The third kappa shape index (κ3) is 2.52. The maximum atomic E-state index is 5.59. The Balaban J connectivity index is 1.93. The lowest BCUT2D eigenvalue weighted by molar-refractivity contribution is 0.107. The number of nitrogens with one attached hydrogen (secondary N) is 1. The van der Waals surface area contributed by atoms with Crippen LogP contribution in [0.5, 0.6) is 0 Å². The molecular weight excluding hydrogens is 188 g/mol. The molecule has 0 spiro atoms.